The highest BCUT2D eigenvalue weighted by atomic mass is 16.3. The monoisotopic (exact) mass is 677 g/mol. The Morgan fingerprint density at radius 1 is 0.283 bits per heavy atom. The van der Waals surface area contributed by atoms with Gasteiger partial charge >= 0.3 is 0 Å². The molecule has 0 bridgehead atoms. The Morgan fingerprint density at radius 2 is 0.698 bits per heavy atom. The third kappa shape index (κ3) is 4.54. The average molecular weight is 678 g/mol. The molecule has 0 aliphatic carbocycles. The summed E-state index contributed by atoms with van der Waals surface area (Å²) in [5.74, 6) is 0. The Balaban J connectivity index is 1.26. The summed E-state index contributed by atoms with van der Waals surface area (Å²) in [6.07, 6.45) is 0. The van der Waals surface area contributed by atoms with E-state index in [1.807, 2.05) is 12.1 Å². The fourth-order valence-corrected chi connectivity index (χ4v) is 8.26. The van der Waals surface area contributed by atoms with Gasteiger partial charge in [-0.2, -0.15) is 0 Å². The van der Waals surface area contributed by atoms with E-state index in [0.29, 0.717) is 0 Å². The standard InChI is InChI=1S/C50H31NO2/c1-3-15-32(16-4-1)36-23-11-25-40-42-27-13-29-44(49(42)52-47(36)40)51(46-31-34-19-7-8-20-35(34)38-21-9-10-22-39(38)46)45-30-14-28-43-41-26-12-24-37(48(41)53-50(43)45)33-17-5-2-6-18-33/h1-31H. The van der Waals surface area contributed by atoms with Crippen LogP contribution in [0.4, 0.5) is 17.1 Å². The highest BCUT2D eigenvalue weighted by molar-refractivity contribution is 6.20. The van der Waals surface area contributed by atoms with Gasteiger partial charge in [-0.25, -0.2) is 0 Å². The number of rotatable bonds is 5. The number of nitrogens with zero attached hydrogens (tertiary/aromatic N) is 1. The van der Waals surface area contributed by atoms with Crippen LogP contribution in [0.25, 0.3) is 87.7 Å². The van der Waals surface area contributed by atoms with Crippen LogP contribution in [-0.4, -0.2) is 0 Å². The van der Waals surface area contributed by atoms with Crippen molar-refractivity contribution in [2.24, 2.45) is 0 Å². The molecular weight excluding hydrogens is 647 g/mol. The summed E-state index contributed by atoms with van der Waals surface area (Å²) in [5, 5.41) is 9.01. The Morgan fingerprint density at radius 3 is 1.25 bits per heavy atom. The molecule has 2 heterocycles. The van der Waals surface area contributed by atoms with Crippen molar-refractivity contribution >= 4 is 82.5 Å². The number of anilines is 3. The van der Waals surface area contributed by atoms with Gasteiger partial charge in [0.15, 0.2) is 11.2 Å². The number of furan rings is 2. The topological polar surface area (TPSA) is 29.5 Å². The zero-order valence-corrected chi connectivity index (χ0v) is 28.7. The van der Waals surface area contributed by atoms with Crippen molar-refractivity contribution in [3.8, 4) is 22.3 Å². The molecule has 3 heteroatoms. The molecule has 9 aromatic carbocycles. The van der Waals surface area contributed by atoms with Crippen LogP contribution in [0.1, 0.15) is 0 Å². The zero-order chi connectivity index (χ0) is 34.9. The predicted octanol–water partition coefficient (Wildman–Crippen LogP) is 14.6. The molecule has 0 amide bonds. The second-order valence-electron chi connectivity index (χ2n) is 13.6. The molecular formula is C50H31NO2. The van der Waals surface area contributed by atoms with Crippen LogP contribution in [0.5, 0.6) is 0 Å². The van der Waals surface area contributed by atoms with Gasteiger partial charge in [-0.3, -0.25) is 0 Å². The summed E-state index contributed by atoms with van der Waals surface area (Å²) in [6, 6.07) is 66.5. The number of benzene rings is 9. The summed E-state index contributed by atoms with van der Waals surface area (Å²) in [6.45, 7) is 0. The molecule has 0 atom stereocenters. The maximum atomic E-state index is 7.07. The number of hydrogen-bond acceptors (Lipinski definition) is 3. The first-order chi connectivity index (χ1) is 26.3. The van der Waals surface area contributed by atoms with Crippen LogP contribution in [0.2, 0.25) is 0 Å². The van der Waals surface area contributed by atoms with Gasteiger partial charge in [-0.05, 0) is 45.5 Å². The van der Waals surface area contributed by atoms with Crippen molar-refractivity contribution < 1.29 is 8.83 Å². The molecule has 0 saturated carbocycles. The second kappa shape index (κ2) is 11.7. The van der Waals surface area contributed by atoms with E-state index in [1.165, 1.54) is 10.8 Å². The summed E-state index contributed by atoms with van der Waals surface area (Å²) >= 11 is 0. The maximum Gasteiger partial charge on any atom is 0.159 e. The van der Waals surface area contributed by atoms with Crippen LogP contribution in [-0.2, 0) is 0 Å². The molecule has 0 spiro atoms. The molecule has 0 N–H and O–H groups in total. The SMILES string of the molecule is c1ccc(-c2cccc3c2oc2c(N(c4cc5ccccc5c5ccccc45)c4cccc5c4oc4c(-c6ccccc6)cccc45)cccc23)cc1. The van der Waals surface area contributed by atoms with E-state index < -0.39 is 0 Å². The molecule has 0 unspecified atom stereocenters. The minimum atomic E-state index is 0.821. The summed E-state index contributed by atoms with van der Waals surface area (Å²) < 4.78 is 14.1. The third-order valence-corrected chi connectivity index (χ3v) is 10.6. The van der Waals surface area contributed by atoms with Crippen molar-refractivity contribution in [1.82, 2.24) is 0 Å². The molecule has 248 valence electrons. The minimum absolute atomic E-state index is 0.821. The van der Waals surface area contributed by atoms with Crippen molar-refractivity contribution in [3.63, 3.8) is 0 Å². The molecule has 0 fully saturated rings. The first kappa shape index (κ1) is 29.6. The lowest BCUT2D eigenvalue weighted by Crippen LogP contribution is -2.11. The van der Waals surface area contributed by atoms with Gasteiger partial charge < -0.3 is 13.7 Å². The van der Waals surface area contributed by atoms with Gasteiger partial charge in [-0.1, -0.05) is 170 Å². The largest absolute Gasteiger partial charge is 0.453 e. The van der Waals surface area contributed by atoms with Crippen LogP contribution in [0, 0.1) is 0 Å². The van der Waals surface area contributed by atoms with Gasteiger partial charge in [0.1, 0.15) is 11.2 Å². The summed E-state index contributed by atoms with van der Waals surface area (Å²) in [7, 11) is 0. The zero-order valence-electron chi connectivity index (χ0n) is 28.7. The molecule has 0 aliphatic heterocycles. The summed E-state index contributed by atoms with van der Waals surface area (Å²) in [5.41, 5.74) is 10.7. The van der Waals surface area contributed by atoms with E-state index in [2.05, 4.69) is 181 Å². The van der Waals surface area contributed by atoms with Gasteiger partial charge in [0.05, 0.1) is 17.1 Å². The lowest BCUT2D eigenvalue weighted by Gasteiger charge is -2.27. The molecule has 0 aliphatic rings. The second-order valence-corrected chi connectivity index (χ2v) is 13.6. The highest BCUT2D eigenvalue weighted by Gasteiger charge is 2.26. The first-order valence-corrected chi connectivity index (χ1v) is 18.0. The Bertz CT molecular complexity index is 3020. The minimum Gasteiger partial charge on any atom is -0.453 e. The van der Waals surface area contributed by atoms with E-state index in [9.17, 15) is 0 Å². The lowest BCUT2D eigenvalue weighted by atomic mass is 9.98. The maximum absolute atomic E-state index is 7.07. The molecule has 0 radical (unpaired) electrons. The van der Waals surface area contributed by atoms with Crippen molar-refractivity contribution in [2.75, 3.05) is 4.90 Å². The molecule has 3 nitrogen and oxygen atoms in total. The fraction of sp³-hybridized carbons (Fsp3) is 0. The Labute approximate surface area is 305 Å². The fourth-order valence-electron chi connectivity index (χ4n) is 8.26. The number of hydrogen-bond donors (Lipinski definition) is 0. The third-order valence-electron chi connectivity index (χ3n) is 10.6. The first-order valence-electron chi connectivity index (χ1n) is 18.0. The van der Waals surface area contributed by atoms with Crippen molar-refractivity contribution in [1.29, 1.82) is 0 Å². The van der Waals surface area contributed by atoms with E-state index in [1.54, 1.807) is 0 Å². The molecule has 2 aromatic heterocycles. The van der Waals surface area contributed by atoms with Gasteiger partial charge in [0, 0.05) is 38.1 Å². The molecule has 11 rings (SSSR count). The van der Waals surface area contributed by atoms with Gasteiger partial charge in [-0.15, -0.1) is 0 Å². The van der Waals surface area contributed by atoms with E-state index in [0.717, 1.165) is 94.0 Å². The smallest absolute Gasteiger partial charge is 0.159 e. The van der Waals surface area contributed by atoms with Crippen molar-refractivity contribution in [3.05, 3.63) is 188 Å². The number of fused-ring (bicyclic) bond motifs is 9. The number of para-hydroxylation sites is 4. The highest BCUT2D eigenvalue weighted by Crippen LogP contribution is 2.50. The van der Waals surface area contributed by atoms with E-state index >= 15 is 0 Å². The quantitative estimate of drug-likeness (QED) is 0.170. The molecule has 0 saturated heterocycles. The van der Waals surface area contributed by atoms with E-state index in [4.69, 9.17) is 8.83 Å². The van der Waals surface area contributed by atoms with Crippen molar-refractivity contribution in [2.45, 2.75) is 0 Å². The normalized spacial score (nSPS) is 11.8. The Kier molecular flexibility index (Phi) is 6.55. The van der Waals surface area contributed by atoms with Crippen LogP contribution >= 0.6 is 0 Å². The molecule has 53 heavy (non-hydrogen) atoms. The van der Waals surface area contributed by atoms with Crippen LogP contribution < -0.4 is 4.90 Å². The van der Waals surface area contributed by atoms with Crippen LogP contribution in [0.15, 0.2) is 197 Å². The van der Waals surface area contributed by atoms with Gasteiger partial charge in [0.25, 0.3) is 0 Å². The Hall–Kier alpha value is -7.10. The molecule has 11 aromatic rings. The van der Waals surface area contributed by atoms with Crippen LogP contribution in [0.3, 0.4) is 0 Å². The summed E-state index contributed by atoms with van der Waals surface area (Å²) in [4.78, 5) is 2.36. The average Bonchev–Trinajstić information content (AvgIpc) is 3.81. The van der Waals surface area contributed by atoms with E-state index in [-0.39, 0.29) is 0 Å². The lowest BCUT2D eigenvalue weighted by molar-refractivity contribution is 0.667. The van der Waals surface area contributed by atoms with Gasteiger partial charge in [0.2, 0.25) is 0 Å². The predicted molar refractivity (Wildman–Crippen MR) is 222 cm³/mol.